The lowest BCUT2D eigenvalue weighted by atomic mass is 10.2. The van der Waals surface area contributed by atoms with Crippen molar-refractivity contribution in [3.8, 4) is 11.4 Å². The second-order valence-corrected chi connectivity index (χ2v) is 3.81. The van der Waals surface area contributed by atoms with Gasteiger partial charge in [0.25, 0.3) is 0 Å². The highest BCUT2D eigenvalue weighted by Gasteiger charge is 2.13. The molecule has 18 heavy (non-hydrogen) atoms. The van der Waals surface area contributed by atoms with Crippen LogP contribution in [0.3, 0.4) is 0 Å². The van der Waals surface area contributed by atoms with Crippen molar-refractivity contribution in [3.05, 3.63) is 35.4 Å². The predicted molar refractivity (Wildman–Crippen MR) is 64.3 cm³/mol. The summed E-state index contributed by atoms with van der Waals surface area (Å²) < 4.78 is 6.72. The number of carboxylic acids is 1. The molecule has 0 amide bonds. The van der Waals surface area contributed by atoms with Crippen molar-refractivity contribution in [2.24, 2.45) is 0 Å². The monoisotopic (exact) mass is 247 g/mol. The second-order valence-electron chi connectivity index (χ2n) is 3.81. The molecule has 0 saturated carbocycles. The van der Waals surface area contributed by atoms with E-state index < -0.39 is 5.97 Å². The van der Waals surface area contributed by atoms with Gasteiger partial charge >= 0.3 is 5.97 Å². The minimum Gasteiger partial charge on any atom is -0.496 e. The molecule has 1 heterocycles. The molecule has 6 heteroatoms. The van der Waals surface area contributed by atoms with E-state index in [4.69, 9.17) is 9.84 Å². The number of benzene rings is 1. The van der Waals surface area contributed by atoms with Gasteiger partial charge in [0.05, 0.1) is 12.8 Å². The van der Waals surface area contributed by atoms with Crippen molar-refractivity contribution in [1.82, 2.24) is 14.8 Å². The molecule has 94 valence electrons. The van der Waals surface area contributed by atoms with Crippen LogP contribution in [0.4, 0.5) is 0 Å². The summed E-state index contributed by atoms with van der Waals surface area (Å²) in [6, 6.07) is 4.80. The van der Waals surface area contributed by atoms with E-state index in [0.29, 0.717) is 11.6 Å². The van der Waals surface area contributed by atoms with E-state index in [1.165, 1.54) is 13.2 Å². The van der Waals surface area contributed by atoms with Crippen LogP contribution in [0.2, 0.25) is 0 Å². The third kappa shape index (κ3) is 2.04. The van der Waals surface area contributed by atoms with E-state index in [1.807, 2.05) is 6.92 Å². The van der Waals surface area contributed by atoms with Crippen molar-refractivity contribution >= 4 is 5.97 Å². The number of hydrogen-bond acceptors (Lipinski definition) is 4. The van der Waals surface area contributed by atoms with Crippen LogP contribution in [0.5, 0.6) is 5.75 Å². The van der Waals surface area contributed by atoms with Crippen LogP contribution in [-0.4, -0.2) is 33.0 Å². The number of nitrogens with zero attached hydrogens (tertiary/aromatic N) is 3. The highest BCUT2D eigenvalue weighted by molar-refractivity contribution is 5.91. The Balaban J connectivity index is 2.54. The number of aromatic nitrogens is 3. The number of methoxy groups -OCH3 is 1. The first-order valence-corrected chi connectivity index (χ1v) is 5.35. The van der Waals surface area contributed by atoms with E-state index in [9.17, 15) is 4.79 Å². The zero-order valence-electron chi connectivity index (χ0n) is 10.3. The van der Waals surface area contributed by atoms with Crippen LogP contribution in [0, 0.1) is 13.8 Å². The Labute approximate surface area is 104 Å². The van der Waals surface area contributed by atoms with Gasteiger partial charge in [-0.25, -0.2) is 14.5 Å². The lowest BCUT2D eigenvalue weighted by molar-refractivity contribution is 0.0693. The van der Waals surface area contributed by atoms with Crippen molar-refractivity contribution in [1.29, 1.82) is 0 Å². The van der Waals surface area contributed by atoms with Gasteiger partial charge in [-0.2, -0.15) is 5.10 Å². The lowest BCUT2D eigenvalue weighted by Crippen LogP contribution is -2.04. The third-order valence-electron chi connectivity index (χ3n) is 2.53. The molecule has 0 atom stereocenters. The Morgan fingerprint density at radius 1 is 1.39 bits per heavy atom. The van der Waals surface area contributed by atoms with Gasteiger partial charge in [-0.3, -0.25) is 0 Å². The predicted octanol–water partition coefficient (Wildman–Crippen LogP) is 1.59. The van der Waals surface area contributed by atoms with Gasteiger partial charge in [0, 0.05) is 6.07 Å². The summed E-state index contributed by atoms with van der Waals surface area (Å²) in [6.45, 7) is 3.63. The van der Waals surface area contributed by atoms with Gasteiger partial charge < -0.3 is 9.84 Å². The summed E-state index contributed by atoms with van der Waals surface area (Å²) in [4.78, 5) is 15.2. The van der Waals surface area contributed by atoms with E-state index in [2.05, 4.69) is 10.1 Å². The Morgan fingerprint density at radius 3 is 2.61 bits per heavy atom. The molecule has 1 N–H and O–H groups in total. The van der Waals surface area contributed by atoms with Gasteiger partial charge in [-0.1, -0.05) is 0 Å². The number of rotatable bonds is 3. The molecule has 0 bridgehead atoms. The number of carbonyl (C=O) groups is 1. The molecule has 0 aliphatic carbocycles. The van der Waals surface area contributed by atoms with E-state index >= 15 is 0 Å². The Morgan fingerprint density at radius 2 is 2.11 bits per heavy atom. The topological polar surface area (TPSA) is 77.2 Å². The third-order valence-corrected chi connectivity index (χ3v) is 2.53. The molecule has 0 fully saturated rings. The molecule has 0 aliphatic heterocycles. The number of carboxylic acid groups (broad SMARTS) is 1. The Kier molecular flexibility index (Phi) is 3.01. The highest BCUT2D eigenvalue weighted by Crippen LogP contribution is 2.22. The van der Waals surface area contributed by atoms with Crippen LogP contribution in [-0.2, 0) is 0 Å². The van der Waals surface area contributed by atoms with Crippen LogP contribution in [0.25, 0.3) is 5.69 Å². The molecule has 0 spiro atoms. The van der Waals surface area contributed by atoms with Gasteiger partial charge in [0.1, 0.15) is 23.0 Å². The summed E-state index contributed by atoms with van der Waals surface area (Å²) in [5, 5.41) is 13.2. The van der Waals surface area contributed by atoms with Gasteiger partial charge in [0.2, 0.25) is 0 Å². The minimum atomic E-state index is -1.02. The summed E-state index contributed by atoms with van der Waals surface area (Å²) >= 11 is 0. The number of aryl methyl sites for hydroxylation is 2. The molecule has 1 aromatic carbocycles. The SMILES string of the molecule is COc1cc(-n2nc(C)nc2C)ccc1C(=O)O. The maximum atomic E-state index is 11.0. The van der Waals surface area contributed by atoms with Crippen LogP contribution < -0.4 is 4.74 Å². The smallest absolute Gasteiger partial charge is 0.339 e. The fraction of sp³-hybridized carbons (Fsp3) is 0.250. The summed E-state index contributed by atoms with van der Waals surface area (Å²) in [6.07, 6.45) is 0. The molecule has 2 rings (SSSR count). The highest BCUT2D eigenvalue weighted by atomic mass is 16.5. The van der Waals surface area contributed by atoms with Crippen molar-refractivity contribution in [3.63, 3.8) is 0 Å². The molecule has 0 saturated heterocycles. The quantitative estimate of drug-likeness (QED) is 0.891. The van der Waals surface area contributed by atoms with Crippen molar-refractivity contribution < 1.29 is 14.6 Å². The van der Waals surface area contributed by atoms with E-state index in [1.54, 1.807) is 23.7 Å². The Bertz CT molecular complexity index is 605. The molecule has 2 aromatic rings. The minimum absolute atomic E-state index is 0.121. The van der Waals surface area contributed by atoms with Crippen LogP contribution in [0.15, 0.2) is 18.2 Å². The molecule has 0 aliphatic rings. The molecular weight excluding hydrogens is 234 g/mol. The van der Waals surface area contributed by atoms with Crippen molar-refractivity contribution in [2.75, 3.05) is 7.11 Å². The molecule has 0 unspecified atom stereocenters. The average Bonchev–Trinajstić information content (AvgIpc) is 2.67. The summed E-state index contributed by atoms with van der Waals surface area (Å²) in [5.41, 5.74) is 0.839. The van der Waals surface area contributed by atoms with E-state index in [-0.39, 0.29) is 5.56 Å². The van der Waals surface area contributed by atoms with Gasteiger partial charge in [0.15, 0.2) is 0 Å². The summed E-state index contributed by atoms with van der Waals surface area (Å²) in [5.74, 6) is 0.670. The first kappa shape index (κ1) is 12.1. The number of hydrogen-bond donors (Lipinski definition) is 1. The maximum absolute atomic E-state index is 11.0. The maximum Gasteiger partial charge on any atom is 0.339 e. The average molecular weight is 247 g/mol. The first-order chi connectivity index (χ1) is 8.52. The molecule has 1 aromatic heterocycles. The molecule has 6 nitrogen and oxygen atoms in total. The number of aromatic carboxylic acids is 1. The van der Waals surface area contributed by atoms with Gasteiger partial charge in [-0.05, 0) is 26.0 Å². The van der Waals surface area contributed by atoms with Gasteiger partial charge in [-0.15, -0.1) is 0 Å². The second kappa shape index (κ2) is 4.48. The Hall–Kier alpha value is -2.37. The van der Waals surface area contributed by atoms with Crippen LogP contribution in [0.1, 0.15) is 22.0 Å². The zero-order valence-corrected chi connectivity index (χ0v) is 10.3. The fourth-order valence-corrected chi connectivity index (χ4v) is 1.75. The largest absolute Gasteiger partial charge is 0.496 e. The lowest BCUT2D eigenvalue weighted by Gasteiger charge is -2.08. The normalized spacial score (nSPS) is 10.4. The zero-order chi connectivity index (χ0) is 13.3. The summed E-state index contributed by atoms with van der Waals surface area (Å²) in [7, 11) is 1.44. The molecule has 0 radical (unpaired) electrons. The number of ether oxygens (including phenoxy) is 1. The fourth-order valence-electron chi connectivity index (χ4n) is 1.75. The van der Waals surface area contributed by atoms with Crippen LogP contribution >= 0.6 is 0 Å². The molecular formula is C12H13N3O3. The van der Waals surface area contributed by atoms with E-state index in [0.717, 1.165) is 11.5 Å². The first-order valence-electron chi connectivity index (χ1n) is 5.35. The van der Waals surface area contributed by atoms with Crippen molar-refractivity contribution in [2.45, 2.75) is 13.8 Å². The standard InChI is InChI=1S/C12H13N3O3/c1-7-13-8(2)15(14-7)9-4-5-10(12(16)17)11(6-9)18-3/h4-6H,1-3H3,(H,16,17).